The highest BCUT2D eigenvalue weighted by atomic mass is 32.2. The molecule has 0 saturated heterocycles. The molecule has 3 aromatic rings. The Morgan fingerprint density at radius 3 is 2.14 bits per heavy atom. The Kier molecular flexibility index (Phi) is 7.50. The number of methoxy groups -OCH3 is 1. The lowest BCUT2D eigenvalue weighted by atomic mass is 10.1. The summed E-state index contributed by atoms with van der Waals surface area (Å²) in [6.45, 7) is 6.49. The third kappa shape index (κ3) is 6.83. The molecule has 2 amide bonds. The van der Waals surface area contributed by atoms with Gasteiger partial charge >= 0.3 is 6.03 Å². The normalized spacial score (nSPS) is 11.5. The van der Waals surface area contributed by atoms with Gasteiger partial charge in [0, 0.05) is 11.1 Å². The lowest BCUT2D eigenvalue weighted by molar-refractivity contribution is 0.101. The van der Waals surface area contributed by atoms with Gasteiger partial charge in [-0.15, -0.1) is 0 Å². The molecule has 9 heteroatoms. The number of ketones is 1. The van der Waals surface area contributed by atoms with Crippen molar-refractivity contribution in [2.45, 2.75) is 38.1 Å². The third-order valence-corrected chi connectivity index (χ3v) is 6.19. The van der Waals surface area contributed by atoms with E-state index < -0.39 is 21.6 Å². The summed E-state index contributed by atoms with van der Waals surface area (Å²) in [6, 6.07) is 17.7. The number of carbonyl (C=O) groups excluding carboxylic acids is 2. The van der Waals surface area contributed by atoms with E-state index >= 15 is 0 Å². The molecule has 0 saturated carbocycles. The molecule has 0 radical (unpaired) electrons. The average molecular weight is 497 g/mol. The lowest BCUT2D eigenvalue weighted by Gasteiger charge is -2.21. The van der Waals surface area contributed by atoms with Crippen LogP contribution in [0.2, 0.25) is 0 Å². The monoisotopic (exact) mass is 496 g/mol. The zero-order valence-electron chi connectivity index (χ0n) is 20.2. The van der Waals surface area contributed by atoms with Gasteiger partial charge in [0.05, 0.1) is 7.11 Å². The largest absolute Gasteiger partial charge is 0.497 e. The van der Waals surface area contributed by atoms with Crippen LogP contribution in [0.1, 0.15) is 38.1 Å². The van der Waals surface area contributed by atoms with E-state index in [2.05, 4.69) is 5.32 Å². The molecule has 3 aromatic carbocycles. The molecule has 0 fully saturated rings. The van der Waals surface area contributed by atoms with E-state index in [0.717, 1.165) is 16.9 Å². The van der Waals surface area contributed by atoms with Gasteiger partial charge in [-0.1, -0.05) is 24.3 Å². The molecule has 0 atom stereocenters. The molecule has 3 rings (SSSR count). The quantitative estimate of drug-likeness (QED) is 0.438. The molecule has 8 nitrogen and oxygen atoms in total. The van der Waals surface area contributed by atoms with E-state index in [1.54, 1.807) is 46.1 Å². The van der Waals surface area contributed by atoms with E-state index in [0.29, 0.717) is 5.75 Å². The van der Waals surface area contributed by atoms with Gasteiger partial charge in [0.25, 0.3) is 10.0 Å². The number of urea groups is 1. The Morgan fingerprint density at radius 1 is 0.857 bits per heavy atom. The topological polar surface area (TPSA) is 111 Å². The standard InChI is InChI=1S/C26H28N2O6S/c1-17(29)19-11-14-23(24(16-19)35(31,32)28-25(30)27-26(2,3)4)34-22-8-6-7-20(15-22)18-9-12-21(33-5)13-10-18/h6-16H,1-5H3,(H2,27,28,30). The number of benzene rings is 3. The molecule has 0 bridgehead atoms. The van der Waals surface area contributed by atoms with E-state index in [-0.39, 0.29) is 22.0 Å². The van der Waals surface area contributed by atoms with Crippen molar-refractivity contribution in [1.29, 1.82) is 0 Å². The Balaban J connectivity index is 1.96. The molecule has 0 aliphatic carbocycles. The van der Waals surface area contributed by atoms with Crippen LogP contribution in [0.3, 0.4) is 0 Å². The minimum Gasteiger partial charge on any atom is -0.497 e. The minimum absolute atomic E-state index is 0.0297. The lowest BCUT2D eigenvalue weighted by Crippen LogP contribution is -2.48. The van der Waals surface area contributed by atoms with Crippen molar-refractivity contribution in [2.75, 3.05) is 7.11 Å². The maximum absolute atomic E-state index is 13.1. The van der Waals surface area contributed by atoms with Crippen molar-refractivity contribution in [3.05, 3.63) is 72.3 Å². The number of Topliss-reactive ketones (excluding diaryl/α,β-unsaturated/α-hetero) is 1. The second kappa shape index (κ2) is 10.2. The molecular weight excluding hydrogens is 468 g/mol. The summed E-state index contributed by atoms with van der Waals surface area (Å²) in [7, 11) is -2.77. The van der Waals surface area contributed by atoms with Crippen molar-refractivity contribution >= 4 is 21.8 Å². The van der Waals surface area contributed by atoms with Crippen LogP contribution >= 0.6 is 0 Å². The molecule has 0 aliphatic rings. The number of hydrogen-bond donors (Lipinski definition) is 2. The first kappa shape index (κ1) is 25.8. The van der Waals surface area contributed by atoms with Crippen molar-refractivity contribution < 1.29 is 27.5 Å². The number of amides is 2. The van der Waals surface area contributed by atoms with Crippen molar-refractivity contribution in [2.24, 2.45) is 0 Å². The van der Waals surface area contributed by atoms with Crippen molar-refractivity contribution in [3.8, 4) is 28.4 Å². The van der Waals surface area contributed by atoms with Gasteiger partial charge in [-0.05, 0) is 81.3 Å². The second-order valence-corrected chi connectivity index (χ2v) is 10.5. The first-order valence-corrected chi connectivity index (χ1v) is 12.3. The van der Waals surface area contributed by atoms with Crippen LogP contribution in [0.4, 0.5) is 4.79 Å². The van der Waals surface area contributed by atoms with Gasteiger partial charge in [-0.2, -0.15) is 0 Å². The van der Waals surface area contributed by atoms with Gasteiger partial charge in [0.2, 0.25) is 0 Å². The summed E-state index contributed by atoms with van der Waals surface area (Å²) in [6.07, 6.45) is 0. The van der Waals surface area contributed by atoms with Crippen molar-refractivity contribution in [3.63, 3.8) is 0 Å². The fourth-order valence-electron chi connectivity index (χ4n) is 3.21. The Morgan fingerprint density at radius 2 is 1.54 bits per heavy atom. The second-order valence-electron chi connectivity index (χ2n) is 8.89. The molecule has 184 valence electrons. The molecule has 35 heavy (non-hydrogen) atoms. The SMILES string of the molecule is COc1ccc(-c2cccc(Oc3ccc(C(C)=O)cc3S(=O)(=O)NC(=O)NC(C)(C)C)c2)cc1. The Bertz CT molecular complexity index is 1340. The summed E-state index contributed by atoms with van der Waals surface area (Å²) in [4.78, 5) is 23.8. The first-order chi connectivity index (χ1) is 16.4. The summed E-state index contributed by atoms with van der Waals surface area (Å²) < 4.78 is 39.3. The number of sulfonamides is 1. The molecule has 0 spiro atoms. The van der Waals surface area contributed by atoms with Crippen LogP contribution in [0.25, 0.3) is 11.1 Å². The predicted molar refractivity (Wildman–Crippen MR) is 134 cm³/mol. The first-order valence-electron chi connectivity index (χ1n) is 10.8. The molecule has 0 aromatic heterocycles. The van der Waals surface area contributed by atoms with Gasteiger partial charge < -0.3 is 14.8 Å². The summed E-state index contributed by atoms with van der Waals surface area (Å²) in [5, 5.41) is 2.54. The number of hydrogen-bond acceptors (Lipinski definition) is 6. The Hall–Kier alpha value is -3.85. The third-order valence-electron chi connectivity index (χ3n) is 4.84. The van der Waals surface area contributed by atoms with Gasteiger partial charge in [0.15, 0.2) is 5.78 Å². The van der Waals surface area contributed by atoms with Crippen LogP contribution in [0.15, 0.2) is 71.6 Å². The molecule has 2 N–H and O–H groups in total. The minimum atomic E-state index is -4.36. The number of nitrogens with one attached hydrogen (secondary N) is 2. The van der Waals surface area contributed by atoms with Gasteiger partial charge in [-0.3, -0.25) is 4.79 Å². The highest BCUT2D eigenvalue weighted by Crippen LogP contribution is 2.32. The average Bonchev–Trinajstić information content (AvgIpc) is 2.77. The summed E-state index contributed by atoms with van der Waals surface area (Å²) in [5.41, 5.74) is 1.28. The summed E-state index contributed by atoms with van der Waals surface area (Å²) >= 11 is 0. The van der Waals surface area contributed by atoms with E-state index in [4.69, 9.17) is 9.47 Å². The summed E-state index contributed by atoms with van der Waals surface area (Å²) in [5.74, 6) is 0.751. The van der Waals surface area contributed by atoms with Crippen LogP contribution in [-0.4, -0.2) is 32.9 Å². The van der Waals surface area contributed by atoms with Gasteiger partial charge in [-0.25, -0.2) is 17.9 Å². The number of ether oxygens (including phenoxy) is 2. The van der Waals surface area contributed by atoms with Crippen LogP contribution < -0.4 is 19.5 Å². The highest BCUT2D eigenvalue weighted by molar-refractivity contribution is 7.90. The zero-order chi connectivity index (χ0) is 25.8. The molecular formula is C26H28N2O6S. The highest BCUT2D eigenvalue weighted by Gasteiger charge is 2.26. The fraction of sp³-hybridized carbons (Fsp3) is 0.231. The maximum Gasteiger partial charge on any atom is 0.329 e. The maximum atomic E-state index is 13.1. The van der Waals surface area contributed by atoms with E-state index in [1.165, 1.54) is 25.1 Å². The van der Waals surface area contributed by atoms with E-state index in [1.807, 2.05) is 35.1 Å². The Labute approximate surface area is 205 Å². The molecule has 0 heterocycles. The van der Waals surface area contributed by atoms with Gasteiger partial charge in [0.1, 0.15) is 22.1 Å². The molecule has 0 aliphatic heterocycles. The zero-order valence-corrected chi connectivity index (χ0v) is 21.0. The smallest absolute Gasteiger partial charge is 0.329 e. The van der Waals surface area contributed by atoms with Crippen LogP contribution in [-0.2, 0) is 10.0 Å². The van der Waals surface area contributed by atoms with Crippen LogP contribution in [0, 0.1) is 0 Å². The number of carbonyl (C=O) groups is 2. The van der Waals surface area contributed by atoms with Crippen LogP contribution in [0.5, 0.6) is 17.2 Å². The number of rotatable bonds is 7. The van der Waals surface area contributed by atoms with Crippen molar-refractivity contribution in [1.82, 2.24) is 10.0 Å². The van der Waals surface area contributed by atoms with E-state index in [9.17, 15) is 18.0 Å². The predicted octanol–water partition coefficient (Wildman–Crippen LogP) is 5.14. The molecule has 0 unspecified atom stereocenters. The fourth-order valence-corrected chi connectivity index (χ4v) is 4.28.